The van der Waals surface area contributed by atoms with Crippen molar-refractivity contribution in [3.8, 4) is 0 Å². The number of ether oxygens (including phenoxy) is 1. The van der Waals surface area contributed by atoms with Crippen LogP contribution in [-0.4, -0.2) is 59.5 Å². The molecule has 0 saturated carbocycles. The fourth-order valence-electron chi connectivity index (χ4n) is 2.12. The van der Waals surface area contributed by atoms with Crippen LogP contribution in [0.5, 0.6) is 0 Å². The highest BCUT2D eigenvalue weighted by atomic mass is 16.5. The number of aliphatic carboxylic acids is 1. The molecule has 4 N–H and O–H groups in total. The van der Waals surface area contributed by atoms with Crippen LogP contribution in [0.25, 0.3) is 0 Å². The molecule has 2 aliphatic rings. The zero-order valence-electron chi connectivity index (χ0n) is 9.26. The van der Waals surface area contributed by atoms with Gasteiger partial charge in [-0.1, -0.05) is 0 Å². The number of hydrogen-bond acceptors (Lipinski definition) is 6. The van der Waals surface area contributed by atoms with Gasteiger partial charge < -0.3 is 25.6 Å². The highest BCUT2D eigenvalue weighted by molar-refractivity contribution is 5.77. The predicted octanol–water partition coefficient (Wildman–Crippen LogP) is -1.93. The molecule has 0 aromatic carbocycles. The van der Waals surface area contributed by atoms with Crippen LogP contribution in [0.4, 0.5) is 0 Å². The Morgan fingerprint density at radius 1 is 1.12 bits per heavy atom. The lowest BCUT2D eigenvalue weighted by molar-refractivity contribution is -0.151. The van der Waals surface area contributed by atoms with E-state index >= 15 is 0 Å². The first kappa shape index (κ1) is 12.3. The summed E-state index contributed by atoms with van der Waals surface area (Å²) in [5.41, 5.74) is 0. The third kappa shape index (κ3) is 2.93. The number of aliphatic hydroxyl groups is 1. The molecule has 0 bridgehead atoms. The molecule has 2 rings (SSSR count). The quantitative estimate of drug-likeness (QED) is 0.428. The molecule has 0 aromatic rings. The van der Waals surface area contributed by atoms with Gasteiger partial charge in [-0.05, 0) is 0 Å². The van der Waals surface area contributed by atoms with Gasteiger partial charge in [0.05, 0.1) is 6.10 Å². The summed E-state index contributed by atoms with van der Waals surface area (Å²) in [7, 11) is 0. The van der Waals surface area contributed by atoms with Gasteiger partial charge in [0.15, 0.2) is 0 Å². The Balaban J connectivity index is 1.78. The normalized spacial score (nSPS) is 37.0. The van der Waals surface area contributed by atoms with Crippen molar-refractivity contribution < 1.29 is 24.5 Å². The van der Waals surface area contributed by atoms with Crippen LogP contribution in [0.1, 0.15) is 12.8 Å². The molecule has 7 nitrogen and oxygen atoms in total. The number of esters is 1. The number of carboxylic acids is 1. The molecule has 0 radical (unpaired) electrons. The van der Waals surface area contributed by atoms with E-state index in [1.165, 1.54) is 0 Å². The van der Waals surface area contributed by atoms with Crippen molar-refractivity contribution >= 4 is 11.9 Å². The first-order valence-electron chi connectivity index (χ1n) is 5.64. The topological polar surface area (TPSA) is 108 Å². The van der Waals surface area contributed by atoms with Crippen LogP contribution in [0.2, 0.25) is 0 Å². The van der Waals surface area contributed by atoms with Crippen LogP contribution < -0.4 is 10.6 Å². The molecule has 2 aliphatic heterocycles. The number of carbonyl (C=O) groups excluding carboxylic acids is 1. The highest BCUT2D eigenvalue weighted by Gasteiger charge is 2.35. The van der Waals surface area contributed by atoms with E-state index in [9.17, 15) is 14.7 Å². The van der Waals surface area contributed by atoms with Gasteiger partial charge in [-0.3, -0.25) is 9.59 Å². The van der Waals surface area contributed by atoms with Gasteiger partial charge in [-0.25, -0.2) is 0 Å². The summed E-state index contributed by atoms with van der Waals surface area (Å²) in [5, 5.41) is 23.6. The van der Waals surface area contributed by atoms with Crippen molar-refractivity contribution in [2.75, 3.05) is 13.1 Å². The second-order valence-electron chi connectivity index (χ2n) is 4.44. The van der Waals surface area contributed by atoms with Crippen molar-refractivity contribution in [3.63, 3.8) is 0 Å². The van der Waals surface area contributed by atoms with Crippen molar-refractivity contribution in [2.45, 2.75) is 37.1 Å². The summed E-state index contributed by atoms with van der Waals surface area (Å²) in [6.07, 6.45) is -0.276. The van der Waals surface area contributed by atoms with Crippen LogP contribution in [0, 0.1) is 0 Å². The Bertz CT molecular complexity index is 322. The smallest absolute Gasteiger partial charge is 0.323 e. The summed E-state index contributed by atoms with van der Waals surface area (Å²) < 4.78 is 5.19. The monoisotopic (exact) mass is 244 g/mol. The largest absolute Gasteiger partial charge is 0.480 e. The average Bonchev–Trinajstić information content (AvgIpc) is 2.86. The fraction of sp³-hybridized carbons (Fsp3) is 0.800. The summed E-state index contributed by atoms with van der Waals surface area (Å²) in [6.45, 7) is 0.748. The Morgan fingerprint density at radius 2 is 1.82 bits per heavy atom. The van der Waals surface area contributed by atoms with Crippen molar-refractivity contribution in [1.82, 2.24) is 10.6 Å². The van der Waals surface area contributed by atoms with Gasteiger partial charge in [0.1, 0.15) is 18.2 Å². The number of rotatable bonds is 3. The molecule has 0 spiro atoms. The maximum Gasteiger partial charge on any atom is 0.323 e. The predicted molar refractivity (Wildman–Crippen MR) is 56.3 cm³/mol. The van der Waals surface area contributed by atoms with E-state index in [4.69, 9.17) is 9.84 Å². The summed E-state index contributed by atoms with van der Waals surface area (Å²) >= 11 is 0. The lowest BCUT2D eigenvalue weighted by Crippen LogP contribution is -2.35. The summed E-state index contributed by atoms with van der Waals surface area (Å²) in [5.74, 6) is -1.35. The van der Waals surface area contributed by atoms with Crippen molar-refractivity contribution in [1.29, 1.82) is 0 Å². The minimum atomic E-state index is -0.932. The second kappa shape index (κ2) is 4.99. The minimum Gasteiger partial charge on any atom is -0.480 e. The van der Waals surface area contributed by atoms with Crippen LogP contribution in [-0.2, 0) is 14.3 Å². The Labute approximate surface area is 98.1 Å². The van der Waals surface area contributed by atoms with Gasteiger partial charge in [0, 0.05) is 25.9 Å². The maximum absolute atomic E-state index is 11.7. The second-order valence-corrected chi connectivity index (χ2v) is 4.44. The molecule has 0 amide bonds. The Kier molecular flexibility index (Phi) is 3.60. The van der Waals surface area contributed by atoms with E-state index in [1.54, 1.807) is 0 Å². The minimum absolute atomic E-state index is 0.288. The third-order valence-corrected chi connectivity index (χ3v) is 3.06. The molecule has 0 aromatic heterocycles. The Morgan fingerprint density at radius 3 is 2.35 bits per heavy atom. The molecule has 1 unspecified atom stereocenters. The first-order chi connectivity index (χ1) is 8.06. The highest BCUT2D eigenvalue weighted by Crippen LogP contribution is 2.14. The molecular formula is C10H16N2O5. The van der Waals surface area contributed by atoms with Crippen LogP contribution in [0.3, 0.4) is 0 Å². The van der Waals surface area contributed by atoms with E-state index in [0.717, 1.165) is 0 Å². The van der Waals surface area contributed by atoms with Crippen molar-refractivity contribution in [2.24, 2.45) is 0 Å². The number of aliphatic hydroxyl groups excluding tert-OH is 1. The van der Waals surface area contributed by atoms with E-state index < -0.39 is 36.2 Å². The number of hydrogen-bond donors (Lipinski definition) is 4. The number of nitrogens with one attached hydrogen (secondary N) is 2. The van der Waals surface area contributed by atoms with E-state index in [1.807, 2.05) is 0 Å². The zero-order chi connectivity index (χ0) is 12.4. The molecular weight excluding hydrogens is 228 g/mol. The van der Waals surface area contributed by atoms with Gasteiger partial charge >= 0.3 is 11.9 Å². The molecule has 7 heteroatoms. The number of carboxylic acid groups (broad SMARTS) is 1. The van der Waals surface area contributed by atoms with E-state index in [-0.39, 0.29) is 6.42 Å². The van der Waals surface area contributed by atoms with Crippen LogP contribution >= 0.6 is 0 Å². The molecule has 4 atom stereocenters. The Hall–Kier alpha value is -1.18. The molecule has 96 valence electrons. The maximum atomic E-state index is 11.7. The van der Waals surface area contributed by atoms with Gasteiger partial charge in [0.2, 0.25) is 0 Å². The standard InChI is InChI=1S/C10H16N2O5/c13-5-1-8(11-3-5)10(16)17-6-2-7(9(14)15)12-4-6/h5-8,11-13H,1-4H2,(H,14,15)/t5?,6-,7+,8-/m0/s1. The van der Waals surface area contributed by atoms with Gasteiger partial charge in [-0.15, -0.1) is 0 Å². The lowest BCUT2D eigenvalue weighted by atomic mass is 10.2. The fourth-order valence-corrected chi connectivity index (χ4v) is 2.12. The van der Waals surface area contributed by atoms with Gasteiger partial charge in [-0.2, -0.15) is 0 Å². The SMILES string of the molecule is O=C(O[C@@H]1CN[C@@H](C(=O)O)C1)[C@@H]1CC(O)CN1. The summed E-state index contributed by atoms with van der Waals surface area (Å²) in [6, 6.07) is -1.12. The van der Waals surface area contributed by atoms with Gasteiger partial charge in [0.25, 0.3) is 0 Å². The zero-order valence-corrected chi connectivity index (χ0v) is 9.26. The average molecular weight is 244 g/mol. The number of β-amino-alcohol motifs (C(OH)–C–C–N with tert-alkyl or cyclic N) is 1. The van der Waals surface area contributed by atoms with E-state index in [2.05, 4.69) is 10.6 Å². The molecule has 17 heavy (non-hydrogen) atoms. The van der Waals surface area contributed by atoms with Crippen molar-refractivity contribution in [3.05, 3.63) is 0 Å². The number of carbonyl (C=O) groups is 2. The third-order valence-electron chi connectivity index (χ3n) is 3.06. The molecule has 0 aliphatic carbocycles. The van der Waals surface area contributed by atoms with Crippen LogP contribution in [0.15, 0.2) is 0 Å². The van der Waals surface area contributed by atoms with E-state index in [0.29, 0.717) is 19.5 Å². The molecule has 2 saturated heterocycles. The summed E-state index contributed by atoms with van der Waals surface area (Å²) in [4.78, 5) is 22.3. The molecule has 2 heterocycles. The lowest BCUT2D eigenvalue weighted by Gasteiger charge is -2.14. The first-order valence-corrected chi connectivity index (χ1v) is 5.64. The molecule has 2 fully saturated rings.